The Labute approximate surface area is 220 Å². The molecule has 1 amide bonds. The molecule has 3 N–H and O–H groups in total. The summed E-state index contributed by atoms with van der Waals surface area (Å²) < 4.78 is 20.2. The number of hydrogen-bond donors (Lipinski definition) is 3. The topological polar surface area (TPSA) is 91.4 Å². The molecule has 194 valence electrons. The van der Waals surface area contributed by atoms with Crippen molar-refractivity contribution in [2.24, 2.45) is 0 Å². The molecule has 0 radical (unpaired) electrons. The highest BCUT2D eigenvalue weighted by molar-refractivity contribution is 6.33. The molecule has 8 nitrogen and oxygen atoms in total. The maximum Gasteiger partial charge on any atom is 0.254 e. The summed E-state index contributed by atoms with van der Waals surface area (Å²) in [5.41, 5.74) is 2.55. The number of amides is 1. The van der Waals surface area contributed by atoms with Gasteiger partial charge in [0, 0.05) is 67.1 Å². The van der Waals surface area contributed by atoms with Gasteiger partial charge in [0.2, 0.25) is 5.95 Å². The average molecular weight is 525 g/mol. The summed E-state index contributed by atoms with van der Waals surface area (Å²) in [7, 11) is 2.83. The van der Waals surface area contributed by atoms with Gasteiger partial charge < -0.3 is 25.6 Å². The summed E-state index contributed by atoms with van der Waals surface area (Å²) >= 11 is 6.30. The monoisotopic (exact) mass is 524 g/mol. The molecule has 0 unspecified atom stereocenters. The number of carbonyl (C=O) groups is 1. The van der Waals surface area contributed by atoms with Gasteiger partial charge in [-0.05, 0) is 50.3 Å². The van der Waals surface area contributed by atoms with Crippen molar-refractivity contribution in [3.8, 4) is 5.75 Å². The van der Waals surface area contributed by atoms with Crippen LogP contribution < -0.4 is 25.6 Å². The second-order valence-corrected chi connectivity index (χ2v) is 9.34. The minimum Gasteiger partial charge on any atom is -0.495 e. The first-order chi connectivity index (χ1) is 17.8. The molecule has 1 aliphatic rings. The number of aromatic nitrogens is 2. The van der Waals surface area contributed by atoms with Crippen LogP contribution in [0.1, 0.15) is 35.3 Å². The van der Waals surface area contributed by atoms with Crippen LogP contribution in [0.3, 0.4) is 0 Å². The zero-order valence-corrected chi connectivity index (χ0v) is 21.9. The van der Waals surface area contributed by atoms with E-state index in [0.29, 0.717) is 23.6 Å². The highest BCUT2D eigenvalue weighted by Gasteiger charge is 2.21. The van der Waals surface area contributed by atoms with Crippen LogP contribution in [0.4, 0.5) is 21.7 Å². The maximum atomic E-state index is 15.0. The van der Waals surface area contributed by atoms with E-state index in [1.165, 1.54) is 32.0 Å². The number of methoxy groups -OCH3 is 1. The lowest BCUT2D eigenvalue weighted by molar-refractivity contribution is 0.0958. The van der Waals surface area contributed by atoms with Gasteiger partial charge >= 0.3 is 0 Å². The molecule has 1 saturated heterocycles. The summed E-state index contributed by atoms with van der Waals surface area (Å²) in [5.74, 6) is -0.689. The number of ether oxygens (including phenoxy) is 1. The maximum absolute atomic E-state index is 15.0. The second kappa shape index (κ2) is 11.6. The summed E-state index contributed by atoms with van der Waals surface area (Å²) in [5, 5.41) is 9.21. The third-order valence-corrected chi connectivity index (χ3v) is 6.44. The molecular formula is C27H30ClFN6O2. The van der Waals surface area contributed by atoms with Crippen molar-refractivity contribution < 1.29 is 13.9 Å². The zero-order chi connectivity index (χ0) is 26.5. The van der Waals surface area contributed by atoms with E-state index in [4.69, 9.17) is 16.3 Å². The fourth-order valence-corrected chi connectivity index (χ4v) is 4.59. The van der Waals surface area contributed by atoms with Crippen molar-refractivity contribution in [3.63, 3.8) is 0 Å². The highest BCUT2D eigenvalue weighted by atomic mass is 35.5. The molecular weight excluding hydrogens is 495 g/mol. The Hall–Kier alpha value is -3.69. The van der Waals surface area contributed by atoms with Crippen molar-refractivity contribution in [1.82, 2.24) is 20.6 Å². The van der Waals surface area contributed by atoms with E-state index in [1.54, 1.807) is 18.5 Å². The number of anilines is 3. The van der Waals surface area contributed by atoms with E-state index in [-0.39, 0.29) is 21.9 Å². The van der Waals surface area contributed by atoms with Crippen molar-refractivity contribution in [1.29, 1.82) is 0 Å². The first kappa shape index (κ1) is 26.4. The molecule has 0 aliphatic carbocycles. The average Bonchev–Trinajstić information content (AvgIpc) is 2.89. The lowest BCUT2D eigenvalue weighted by atomic mass is 10.1. The van der Waals surface area contributed by atoms with Crippen molar-refractivity contribution in [2.45, 2.75) is 25.9 Å². The first-order valence-electron chi connectivity index (χ1n) is 11.9. The lowest BCUT2D eigenvalue weighted by Crippen LogP contribution is -2.54. The van der Waals surface area contributed by atoms with Gasteiger partial charge in [-0.3, -0.25) is 4.79 Å². The summed E-state index contributed by atoms with van der Waals surface area (Å²) in [6, 6.07) is 10.3. The second-order valence-electron chi connectivity index (χ2n) is 8.97. The van der Waals surface area contributed by atoms with Crippen LogP contribution >= 0.6 is 11.6 Å². The van der Waals surface area contributed by atoms with Crippen molar-refractivity contribution in [3.05, 3.63) is 70.3 Å². The Balaban J connectivity index is 1.46. The van der Waals surface area contributed by atoms with E-state index >= 15 is 0 Å². The number of nitrogens with zero attached hydrogens (tertiary/aromatic N) is 3. The molecule has 1 aliphatic heterocycles. The van der Waals surface area contributed by atoms with Crippen LogP contribution in [0.25, 0.3) is 12.2 Å². The predicted molar refractivity (Wildman–Crippen MR) is 146 cm³/mol. The van der Waals surface area contributed by atoms with Crippen LogP contribution in [0.5, 0.6) is 5.75 Å². The molecule has 1 fully saturated rings. The number of halogens is 2. The number of rotatable bonds is 7. The number of piperazine rings is 1. The molecule has 4 rings (SSSR count). The van der Waals surface area contributed by atoms with E-state index in [0.717, 1.165) is 18.8 Å². The SMILES string of the molecule is CNC(=O)c1cc(OC)c(Cl)c(/C=C/c2cnc(Nc3ccc(N4C[C@@H](C)N[C@@H](C)C4)cc3)nc2)c1F. The Morgan fingerprint density at radius 3 is 2.41 bits per heavy atom. The summed E-state index contributed by atoms with van der Waals surface area (Å²) in [6.45, 7) is 6.32. The summed E-state index contributed by atoms with van der Waals surface area (Å²) in [4.78, 5) is 23.1. The predicted octanol–water partition coefficient (Wildman–Crippen LogP) is 4.74. The van der Waals surface area contributed by atoms with Gasteiger partial charge in [0.25, 0.3) is 5.91 Å². The molecule has 2 aromatic carbocycles. The van der Waals surface area contributed by atoms with Crippen LogP contribution in [0, 0.1) is 5.82 Å². The van der Waals surface area contributed by atoms with Crippen LogP contribution in [-0.2, 0) is 0 Å². The van der Waals surface area contributed by atoms with Gasteiger partial charge in [-0.15, -0.1) is 0 Å². The Kier molecular flexibility index (Phi) is 8.25. The quantitative estimate of drug-likeness (QED) is 0.411. The largest absolute Gasteiger partial charge is 0.495 e. The number of benzene rings is 2. The molecule has 2 atom stereocenters. The molecule has 0 saturated carbocycles. The minimum atomic E-state index is -0.742. The fourth-order valence-electron chi connectivity index (χ4n) is 4.32. The van der Waals surface area contributed by atoms with Crippen LogP contribution in [-0.4, -0.2) is 55.2 Å². The van der Waals surface area contributed by atoms with Gasteiger partial charge in [0.05, 0.1) is 17.7 Å². The standard InChI is InChI=1S/C27H30ClFN6O2/c1-16-14-35(15-17(2)33-16)20-8-6-19(7-9-20)34-27-31-12-18(13-32-27)5-10-21-24(28)23(37-4)11-22(25(21)29)26(36)30-3/h5-13,16-17,33H,14-15H2,1-4H3,(H,30,36)(H,31,32,34)/b10-5+/t16-,17+. The molecule has 10 heteroatoms. The van der Waals surface area contributed by atoms with E-state index in [9.17, 15) is 9.18 Å². The summed E-state index contributed by atoms with van der Waals surface area (Å²) in [6.07, 6.45) is 6.30. The molecule has 3 aromatic rings. The molecule has 0 spiro atoms. The van der Waals surface area contributed by atoms with E-state index < -0.39 is 11.7 Å². The Morgan fingerprint density at radius 2 is 1.81 bits per heavy atom. The third-order valence-electron chi connectivity index (χ3n) is 6.05. The lowest BCUT2D eigenvalue weighted by Gasteiger charge is -2.37. The number of carbonyl (C=O) groups excluding carboxylic acids is 1. The number of nitrogens with one attached hydrogen (secondary N) is 3. The normalized spacial score (nSPS) is 17.6. The van der Waals surface area contributed by atoms with Gasteiger partial charge in [0.1, 0.15) is 11.6 Å². The first-order valence-corrected chi connectivity index (χ1v) is 12.3. The van der Waals surface area contributed by atoms with E-state index in [1.807, 2.05) is 12.1 Å². The number of hydrogen-bond acceptors (Lipinski definition) is 7. The Morgan fingerprint density at radius 1 is 1.16 bits per heavy atom. The third kappa shape index (κ3) is 6.18. The van der Waals surface area contributed by atoms with Crippen LogP contribution in [0.15, 0.2) is 42.7 Å². The highest BCUT2D eigenvalue weighted by Crippen LogP contribution is 2.34. The van der Waals surface area contributed by atoms with Crippen LogP contribution in [0.2, 0.25) is 5.02 Å². The van der Waals surface area contributed by atoms with Gasteiger partial charge in [0.15, 0.2) is 0 Å². The molecule has 2 heterocycles. The molecule has 1 aromatic heterocycles. The molecule has 0 bridgehead atoms. The van der Waals surface area contributed by atoms with E-state index in [2.05, 4.69) is 56.8 Å². The van der Waals surface area contributed by atoms with Crippen molar-refractivity contribution in [2.75, 3.05) is 37.5 Å². The van der Waals surface area contributed by atoms with Gasteiger partial charge in [-0.2, -0.15) is 0 Å². The Bertz CT molecular complexity index is 1270. The smallest absolute Gasteiger partial charge is 0.254 e. The zero-order valence-electron chi connectivity index (χ0n) is 21.2. The van der Waals surface area contributed by atoms with Gasteiger partial charge in [-0.25, -0.2) is 14.4 Å². The minimum absolute atomic E-state index is 0.0372. The fraction of sp³-hybridized carbons (Fsp3) is 0.296. The molecule has 37 heavy (non-hydrogen) atoms. The van der Waals surface area contributed by atoms with Crippen molar-refractivity contribution >= 4 is 47.0 Å². The van der Waals surface area contributed by atoms with Gasteiger partial charge in [-0.1, -0.05) is 17.7 Å².